The summed E-state index contributed by atoms with van der Waals surface area (Å²) in [7, 11) is -3.78. The van der Waals surface area contributed by atoms with Crippen molar-refractivity contribution in [3.05, 3.63) is 25.3 Å². The number of carbonyl (C=O) groups excluding carboxylic acids is 1. The van der Waals surface area contributed by atoms with Crippen LogP contribution >= 0.6 is 0 Å². The van der Waals surface area contributed by atoms with E-state index in [1.165, 1.54) is 0 Å². The van der Waals surface area contributed by atoms with Crippen LogP contribution in [0.25, 0.3) is 0 Å². The average Bonchev–Trinajstić information content (AvgIpc) is 1.86. The van der Waals surface area contributed by atoms with E-state index in [2.05, 4.69) is 17.3 Å². The molecule has 0 aromatic heterocycles. The summed E-state index contributed by atoms with van der Waals surface area (Å²) in [4.78, 5) is 10.3. The minimum atomic E-state index is -3.78. The van der Waals surface area contributed by atoms with Crippen molar-refractivity contribution in [1.29, 1.82) is 0 Å². The first-order valence-electron chi connectivity index (χ1n) is 2.71. The van der Waals surface area contributed by atoms with Gasteiger partial charge in [-0.2, -0.15) is 8.42 Å². The summed E-state index contributed by atoms with van der Waals surface area (Å²) < 4.78 is 25.2. The quantitative estimate of drug-likeness (QED) is 0.215. The molecule has 0 amide bonds. The van der Waals surface area contributed by atoms with Crippen molar-refractivity contribution in [2.24, 2.45) is 0 Å². The summed E-state index contributed by atoms with van der Waals surface area (Å²) in [6, 6.07) is 0. The van der Waals surface area contributed by atoms with Crippen LogP contribution in [-0.4, -0.2) is 20.1 Å². The Kier molecular flexibility index (Phi) is 7.72. The van der Waals surface area contributed by atoms with Crippen molar-refractivity contribution in [2.45, 2.75) is 0 Å². The second kappa shape index (κ2) is 6.42. The van der Waals surface area contributed by atoms with Gasteiger partial charge in [0.1, 0.15) is 5.75 Å². The van der Waals surface area contributed by atoms with E-state index in [4.69, 9.17) is 0 Å². The van der Waals surface area contributed by atoms with Gasteiger partial charge in [0.2, 0.25) is 0 Å². The Balaban J connectivity index is -0.000000500. The first-order chi connectivity index (χ1) is 5.02. The third-order valence-corrected chi connectivity index (χ3v) is 1.76. The molecule has 0 bridgehead atoms. The molecule has 0 aromatic rings. The third kappa shape index (κ3) is 6.60. The maximum atomic E-state index is 10.6. The van der Waals surface area contributed by atoms with E-state index in [1.54, 1.807) is 0 Å². The molecule has 0 fully saturated rings. The minimum Gasteiger partial charge on any atom is -1.00 e. The molecule has 0 aliphatic carbocycles. The van der Waals surface area contributed by atoms with Gasteiger partial charge in [0.15, 0.2) is 0 Å². The van der Waals surface area contributed by atoms with Gasteiger partial charge in [-0.05, 0) is 0 Å². The fourth-order valence-electron chi connectivity index (χ4n) is 0.338. The molecule has 0 aromatic carbocycles. The smallest absolute Gasteiger partial charge is 1.00 e. The summed E-state index contributed by atoms with van der Waals surface area (Å²) in [6.07, 6.45) is 1.91. The number of carbonyl (C=O) groups is 1. The molecule has 12 heavy (non-hydrogen) atoms. The first-order valence-corrected chi connectivity index (χ1v) is 4.29. The summed E-state index contributed by atoms with van der Waals surface area (Å²) in [5.74, 6) is -1.36. The standard InChI is InChI=1S/C6H8O4S.Na.H/c1-3-5-11(8,9)10-6(7)4-2;;/h3-4H,1-2,5H2;;/q;+1;-1. The zero-order chi connectivity index (χ0) is 8.91. The largest absolute Gasteiger partial charge is 1.00 e. The second-order valence-electron chi connectivity index (χ2n) is 1.62. The van der Waals surface area contributed by atoms with E-state index in [0.717, 1.165) is 12.2 Å². The first kappa shape index (κ1) is 14.4. The van der Waals surface area contributed by atoms with Gasteiger partial charge in [0.05, 0.1) is 0 Å². The fourth-order valence-corrected chi connectivity index (χ4v) is 1.01. The van der Waals surface area contributed by atoms with Crippen molar-refractivity contribution in [3.63, 3.8) is 0 Å². The molecule has 0 aliphatic rings. The van der Waals surface area contributed by atoms with Gasteiger partial charge < -0.3 is 5.61 Å². The summed E-state index contributed by atoms with van der Waals surface area (Å²) in [5, 5.41) is 0. The van der Waals surface area contributed by atoms with Crippen LogP contribution in [-0.2, 0) is 19.1 Å². The van der Waals surface area contributed by atoms with E-state index >= 15 is 0 Å². The van der Waals surface area contributed by atoms with Gasteiger partial charge in [-0.15, -0.1) is 6.58 Å². The molecular formula is C6H9NaO4S. The molecular weight excluding hydrogens is 191 g/mol. The van der Waals surface area contributed by atoms with Crippen LogP contribution in [0.2, 0.25) is 0 Å². The molecule has 0 saturated carbocycles. The molecule has 64 valence electrons. The van der Waals surface area contributed by atoms with Gasteiger partial charge in [-0.1, -0.05) is 12.7 Å². The Morgan fingerprint density at radius 3 is 2.33 bits per heavy atom. The number of rotatable bonds is 4. The Morgan fingerprint density at radius 2 is 2.00 bits per heavy atom. The van der Waals surface area contributed by atoms with E-state index in [1.807, 2.05) is 0 Å². The minimum absolute atomic E-state index is 0. The van der Waals surface area contributed by atoms with Crippen LogP contribution in [0.4, 0.5) is 0 Å². The topological polar surface area (TPSA) is 60.4 Å². The predicted octanol–water partition coefficient (Wildman–Crippen LogP) is -2.65. The summed E-state index contributed by atoms with van der Waals surface area (Å²) in [6.45, 7) is 6.22. The van der Waals surface area contributed by atoms with Crippen LogP contribution in [0.3, 0.4) is 0 Å². The number of hydrogen-bond acceptors (Lipinski definition) is 4. The van der Waals surface area contributed by atoms with Gasteiger partial charge >= 0.3 is 45.6 Å². The van der Waals surface area contributed by atoms with Crippen molar-refractivity contribution < 1.29 is 48.4 Å². The average molecular weight is 200 g/mol. The Labute approximate surface area is 95.2 Å². The molecule has 0 aliphatic heterocycles. The van der Waals surface area contributed by atoms with E-state index in [0.29, 0.717) is 0 Å². The maximum absolute atomic E-state index is 10.6. The molecule has 0 unspecified atom stereocenters. The van der Waals surface area contributed by atoms with Crippen LogP contribution in [0, 0.1) is 0 Å². The Bertz CT molecular complexity index is 272. The van der Waals surface area contributed by atoms with Crippen molar-refractivity contribution in [1.82, 2.24) is 0 Å². The van der Waals surface area contributed by atoms with E-state index in [-0.39, 0.29) is 36.7 Å². The molecule has 0 saturated heterocycles. The molecule has 4 nitrogen and oxygen atoms in total. The Hall–Kier alpha value is -0.100. The monoisotopic (exact) mass is 200 g/mol. The molecule has 0 radical (unpaired) electrons. The van der Waals surface area contributed by atoms with Gasteiger partial charge in [-0.25, -0.2) is 4.79 Å². The Morgan fingerprint density at radius 1 is 1.50 bits per heavy atom. The summed E-state index contributed by atoms with van der Waals surface area (Å²) in [5.41, 5.74) is 0. The van der Waals surface area contributed by atoms with Gasteiger partial charge in [-0.3, -0.25) is 0 Å². The normalized spacial score (nSPS) is 9.33. The SMILES string of the molecule is C=CCS(=O)(=O)OC(=O)C=C.[H-].[Na+]. The maximum Gasteiger partial charge on any atom is 1.00 e. The van der Waals surface area contributed by atoms with Crippen LogP contribution in [0.1, 0.15) is 1.43 Å². The van der Waals surface area contributed by atoms with Crippen LogP contribution < -0.4 is 29.6 Å². The molecule has 6 heteroatoms. The zero-order valence-electron chi connectivity index (χ0n) is 7.82. The van der Waals surface area contributed by atoms with Crippen LogP contribution in [0.5, 0.6) is 0 Å². The second-order valence-corrected chi connectivity index (χ2v) is 3.23. The summed E-state index contributed by atoms with van der Waals surface area (Å²) >= 11 is 0. The van der Waals surface area contributed by atoms with Gasteiger partial charge in [0, 0.05) is 6.08 Å². The number of hydrogen-bond donors (Lipinski definition) is 0. The van der Waals surface area contributed by atoms with Gasteiger partial charge in [0.25, 0.3) is 0 Å². The molecule has 0 spiro atoms. The molecule has 0 rings (SSSR count). The molecule has 0 heterocycles. The third-order valence-electron chi connectivity index (χ3n) is 0.698. The van der Waals surface area contributed by atoms with E-state index < -0.39 is 16.1 Å². The van der Waals surface area contributed by atoms with Crippen molar-refractivity contribution in [2.75, 3.05) is 5.75 Å². The zero-order valence-corrected chi connectivity index (χ0v) is 9.63. The molecule has 0 atom stereocenters. The van der Waals surface area contributed by atoms with Crippen LogP contribution in [0.15, 0.2) is 25.3 Å². The molecule has 0 N–H and O–H groups in total. The van der Waals surface area contributed by atoms with Crippen molar-refractivity contribution in [3.8, 4) is 0 Å². The van der Waals surface area contributed by atoms with Crippen molar-refractivity contribution >= 4 is 16.1 Å². The fraction of sp³-hybridized carbons (Fsp3) is 0.167. The predicted molar refractivity (Wildman–Crippen MR) is 41.4 cm³/mol. The van der Waals surface area contributed by atoms with E-state index in [9.17, 15) is 13.2 Å².